The van der Waals surface area contributed by atoms with Crippen LogP contribution >= 0.6 is 0 Å². The topological polar surface area (TPSA) is 142 Å². The van der Waals surface area contributed by atoms with Crippen LogP contribution in [0.3, 0.4) is 0 Å². The Kier molecular flexibility index (Phi) is 8.21. The van der Waals surface area contributed by atoms with Crippen LogP contribution < -0.4 is 16.4 Å². The zero-order valence-corrected chi connectivity index (χ0v) is 15.2. The van der Waals surface area contributed by atoms with Gasteiger partial charge in [0, 0.05) is 6.42 Å². The molecule has 4 atom stereocenters. The molecule has 0 spiro atoms. The van der Waals surface area contributed by atoms with E-state index in [1.807, 2.05) is 6.07 Å². The van der Waals surface area contributed by atoms with Gasteiger partial charge in [-0.05, 0) is 18.4 Å². The van der Waals surface area contributed by atoms with Crippen molar-refractivity contribution >= 4 is 17.8 Å². The Morgan fingerprint density at radius 2 is 1.62 bits per heavy atom. The Bertz CT molecular complexity index is 619. The van der Waals surface area contributed by atoms with Gasteiger partial charge in [0.1, 0.15) is 18.1 Å². The maximum absolute atomic E-state index is 12.5. The van der Waals surface area contributed by atoms with Gasteiger partial charge >= 0.3 is 5.97 Å². The molecule has 0 aliphatic heterocycles. The molecule has 8 nitrogen and oxygen atoms in total. The molecule has 8 heteroatoms. The van der Waals surface area contributed by atoms with Crippen LogP contribution in [0, 0.1) is 5.92 Å². The van der Waals surface area contributed by atoms with Gasteiger partial charge in [-0.1, -0.05) is 44.2 Å². The number of nitrogens with one attached hydrogen (secondary N) is 2. The van der Waals surface area contributed by atoms with Crippen molar-refractivity contribution in [3.8, 4) is 0 Å². The third kappa shape index (κ3) is 6.45. The molecule has 0 fully saturated rings. The number of carbonyl (C=O) groups excluding carboxylic acids is 2. The third-order valence-electron chi connectivity index (χ3n) is 3.97. The number of aliphatic carboxylic acids is 1. The van der Waals surface area contributed by atoms with Crippen molar-refractivity contribution in [3.05, 3.63) is 35.9 Å². The number of hydrogen-bond acceptors (Lipinski definition) is 5. The van der Waals surface area contributed by atoms with Gasteiger partial charge in [-0.15, -0.1) is 0 Å². The molecule has 4 unspecified atom stereocenters. The minimum absolute atomic E-state index is 0.119. The van der Waals surface area contributed by atoms with Gasteiger partial charge in [0.15, 0.2) is 0 Å². The fourth-order valence-electron chi connectivity index (χ4n) is 2.31. The first kappa shape index (κ1) is 21.6. The highest BCUT2D eigenvalue weighted by molar-refractivity contribution is 5.92. The van der Waals surface area contributed by atoms with Crippen LogP contribution in [0.5, 0.6) is 0 Å². The number of carboxylic acid groups (broad SMARTS) is 1. The number of hydrogen-bond donors (Lipinski definition) is 5. The van der Waals surface area contributed by atoms with Crippen LogP contribution in [0.25, 0.3) is 0 Å². The summed E-state index contributed by atoms with van der Waals surface area (Å²) in [6.45, 7) is 4.80. The second kappa shape index (κ2) is 9.88. The summed E-state index contributed by atoms with van der Waals surface area (Å²) in [5.74, 6) is -2.76. The lowest BCUT2D eigenvalue weighted by Crippen LogP contribution is -2.58. The van der Waals surface area contributed by atoms with E-state index in [0.717, 1.165) is 5.56 Å². The summed E-state index contributed by atoms with van der Waals surface area (Å²) in [6, 6.07) is 5.64. The molecule has 0 saturated heterocycles. The number of carboxylic acids is 1. The highest BCUT2D eigenvalue weighted by Crippen LogP contribution is 2.07. The standard InChI is InChI=1S/C18H27N3O5/c1-10(2)15(21-16(23)14(19)11(3)22)17(24)20-13(18(25)26)9-12-7-5-4-6-8-12/h4-8,10-11,13-15,22H,9,19H2,1-3H3,(H,20,24)(H,21,23)(H,25,26). The van der Waals surface area contributed by atoms with Crippen molar-refractivity contribution in [3.63, 3.8) is 0 Å². The molecular weight excluding hydrogens is 338 g/mol. The second-order valence-corrected chi connectivity index (χ2v) is 6.59. The van der Waals surface area contributed by atoms with Crippen molar-refractivity contribution in [1.29, 1.82) is 0 Å². The number of benzene rings is 1. The average molecular weight is 365 g/mol. The largest absolute Gasteiger partial charge is 0.480 e. The smallest absolute Gasteiger partial charge is 0.326 e. The molecule has 0 bridgehead atoms. The summed E-state index contributed by atoms with van der Waals surface area (Å²) in [5.41, 5.74) is 6.34. The number of nitrogens with two attached hydrogens (primary N) is 1. The number of carbonyl (C=O) groups is 3. The molecule has 1 rings (SSSR count). The van der Waals surface area contributed by atoms with E-state index in [1.165, 1.54) is 6.92 Å². The molecule has 0 aliphatic carbocycles. The second-order valence-electron chi connectivity index (χ2n) is 6.59. The van der Waals surface area contributed by atoms with Crippen LogP contribution in [-0.2, 0) is 20.8 Å². The first-order valence-corrected chi connectivity index (χ1v) is 8.44. The van der Waals surface area contributed by atoms with Crippen molar-refractivity contribution in [2.45, 2.75) is 51.4 Å². The Hall–Kier alpha value is -2.45. The van der Waals surface area contributed by atoms with Crippen molar-refractivity contribution in [1.82, 2.24) is 10.6 Å². The highest BCUT2D eigenvalue weighted by Gasteiger charge is 2.30. The number of aliphatic hydroxyl groups is 1. The Balaban J connectivity index is 2.83. The Morgan fingerprint density at radius 1 is 1.04 bits per heavy atom. The van der Waals surface area contributed by atoms with Gasteiger partial charge in [0.05, 0.1) is 6.10 Å². The zero-order valence-electron chi connectivity index (χ0n) is 15.2. The van der Waals surface area contributed by atoms with Crippen LogP contribution in [0.1, 0.15) is 26.3 Å². The van der Waals surface area contributed by atoms with E-state index < -0.39 is 42.0 Å². The molecule has 0 aromatic heterocycles. The minimum atomic E-state index is -1.18. The lowest BCUT2D eigenvalue weighted by atomic mass is 10.0. The molecule has 2 amide bonds. The summed E-state index contributed by atoms with van der Waals surface area (Å²) < 4.78 is 0. The number of aliphatic hydroxyl groups excluding tert-OH is 1. The van der Waals surface area contributed by atoms with Gasteiger partial charge in [-0.2, -0.15) is 0 Å². The van der Waals surface area contributed by atoms with Gasteiger partial charge < -0.3 is 26.6 Å². The maximum Gasteiger partial charge on any atom is 0.326 e. The predicted octanol–water partition coefficient (Wildman–Crippen LogP) is -0.353. The molecule has 1 aromatic rings. The zero-order chi connectivity index (χ0) is 19.9. The summed E-state index contributed by atoms with van der Waals surface area (Å²) in [5, 5.41) is 23.7. The predicted molar refractivity (Wildman–Crippen MR) is 96.1 cm³/mol. The van der Waals surface area contributed by atoms with Crippen molar-refractivity contribution < 1.29 is 24.6 Å². The molecule has 6 N–H and O–H groups in total. The van der Waals surface area contributed by atoms with E-state index in [4.69, 9.17) is 5.73 Å². The van der Waals surface area contributed by atoms with E-state index in [0.29, 0.717) is 0 Å². The lowest BCUT2D eigenvalue weighted by molar-refractivity contribution is -0.142. The van der Waals surface area contributed by atoms with Gasteiger partial charge in [-0.3, -0.25) is 9.59 Å². The Labute approximate surface area is 152 Å². The third-order valence-corrected chi connectivity index (χ3v) is 3.97. The van der Waals surface area contributed by atoms with E-state index in [2.05, 4.69) is 10.6 Å². The fourth-order valence-corrected chi connectivity index (χ4v) is 2.31. The van der Waals surface area contributed by atoms with E-state index in [9.17, 15) is 24.6 Å². The molecule has 0 radical (unpaired) electrons. The highest BCUT2D eigenvalue weighted by atomic mass is 16.4. The van der Waals surface area contributed by atoms with Gasteiger partial charge in [0.2, 0.25) is 11.8 Å². The molecule has 0 saturated carbocycles. The molecule has 0 aliphatic rings. The molecular formula is C18H27N3O5. The van der Waals surface area contributed by atoms with E-state index >= 15 is 0 Å². The number of amides is 2. The number of rotatable bonds is 9. The first-order chi connectivity index (χ1) is 12.1. The molecule has 144 valence electrons. The summed E-state index contributed by atoms with van der Waals surface area (Å²) >= 11 is 0. The molecule has 1 aromatic carbocycles. The summed E-state index contributed by atoms with van der Waals surface area (Å²) in [4.78, 5) is 36.0. The average Bonchev–Trinajstić information content (AvgIpc) is 2.58. The summed E-state index contributed by atoms with van der Waals surface area (Å²) in [7, 11) is 0. The monoisotopic (exact) mass is 365 g/mol. The Morgan fingerprint density at radius 3 is 2.08 bits per heavy atom. The fraction of sp³-hybridized carbons (Fsp3) is 0.500. The normalized spacial score (nSPS) is 15.6. The first-order valence-electron chi connectivity index (χ1n) is 8.44. The van der Waals surface area contributed by atoms with Crippen LogP contribution in [0.4, 0.5) is 0 Å². The summed E-state index contributed by atoms with van der Waals surface area (Å²) in [6.07, 6.45) is -0.954. The molecule has 0 heterocycles. The van der Waals surface area contributed by atoms with Crippen LogP contribution in [0.15, 0.2) is 30.3 Å². The minimum Gasteiger partial charge on any atom is -0.480 e. The van der Waals surface area contributed by atoms with Crippen LogP contribution in [-0.4, -0.2) is 52.2 Å². The SMILES string of the molecule is CC(C)C(NC(=O)C(N)C(C)O)C(=O)NC(Cc1ccccc1)C(=O)O. The lowest BCUT2D eigenvalue weighted by Gasteiger charge is -2.26. The van der Waals surface area contributed by atoms with E-state index in [-0.39, 0.29) is 12.3 Å². The van der Waals surface area contributed by atoms with Crippen LogP contribution in [0.2, 0.25) is 0 Å². The van der Waals surface area contributed by atoms with Gasteiger partial charge in [0.25, 0.3) is 0 Å². The van der Waals surface area contributed by atoms with Crippen molar-refractivity contribution in [2.75, 3.05) is 0 Å². The maximum atomic E-state index is 12.5. The quantitative estimate of drug-likeness (QED) is 0.405. The molecule has 26 heavy (non-hydrogen) atoms. The van der Waals surface area contributed by atoms with Crippen molar-refractivity contribution in [2.24, 2.45) is 11.7 Å². The van der Waals surface area contributed by atoms with E-state index in [1.54, 1.807) is 38.1 Å². The van der Waals surface area contributed by atoms with Gasteiger partial charge in [-0.25, -0.2) is 4.79 Å².